The molecule has 0 saturated heterocycles. The van der Waals surface area contributed by atoms with Crippen molar-refractivity contribution in [2.75, 3.05) is 5.32 Å². The second-order valence-electron chi connectivity index (χ2n) is 7.17. The predicted molar refractivity (Wildman–Crippen MR) is 99.9 cm³/mol. The molecular weight excluding hydrogens is 332 g/mol. The Morgan fingerprint density at radius 2 is 1.85 bits per heavy atom. The Hall–Kier alpha value is -2.37. The van der Waals surface area contributed by atoms with E-state index < -0.39 is 17.9 Å². The third-order valence-electron chi connectivity index (χ3n) is 4.99. The summed E-state index contributed by atoms with van der Waals surface area (Å²) in [5, 5.41) is 14.6. The summed E-state index contributed by atoms with van der Waals surface area (Å²) in [6.07, 6.45) is 6.25. The van der Waals surface area contributed by atoms with Gasteiger partial charge in [0.05, 0.1) is 5.92 Å². The molecule has 2 unspecified atom stereocenters. The highest BCUT2D eigenvalue weighted by atomic mass is 16.4. The van der Waals surface area contributed by atoms with Crippen molar-refractivity contribution in [3.8, 4) is 0 Å². The number of benzene rings is 1. The summed E-state index contributed by atoms with van der Waals surface area (Å²) in [5.41, 5.74) is 1.14. The molecule has 1 aromatic carbocycles. The lowest BCUT2D eigenvalue weighted by Crippen LogP contribution is -2.42. The summed E-state index contributed by atoms with van der Waals surface area (Å²) in [4.78, 5) is 35.5. The number of carboxylic acid groups (broad SMARTS) is 1. The number of amides is 2. The monoisotopic (exact) mass is 360 g/mol. The van der Waals surface area contributed by atoms with Crippen LogP contribution in [-0.4, -0.2) is 28.9 Å². The third-order valence-corrected chi connectivity index (χ3v) is 4.99. The average Bonchev–Trinajstić information content (AvgIpc) is 2.61. The predicted octanol–water partition coefficient (Wildman–Crippen LogP) is 3.29. The largest absolute Gasteiger partial charge is 0.481 e. The molecule has 0 heterocycles. The summed E-state index contributed by atoms with van der Waals surface area (Å²) >= 11 is 0. The molecule has 6 heteroatoms. The number of carbonyl (C=O) groups excluding carboxylic acids is 2. The maximum Gasteiger partial charge on any atom is 0.310 e. The van der Waals surface area contributed by atoms with E-state index in [2.05, 4.69) is 10.6 Å². The van der Waals surface area contributed by atoms with Crippen LogP contribution in [0.3, 0.4) is 0 Å². The Labute approximate surface area is 154 Å². The molecule has 1 aliphatic rings. The molecule has 26 heavy (non-hydrogen) atoms. The third kappa shape index (κ3) is 5.86. The van der Waals surface area contributed by atoms with Gasteiger partial charge in [0.2, 0.25) is 11.8 Å². The number of nitrogens with one attached hydrogen (secondary N) is 2. The van der Waals surface area contributed by atoms with Crippen molar-refractivity contribution >= 4 is 23.5 Å². The highest BCUT2D eigenvalue weighted by Crippen LogP contribution is 2.26. The van der Waals surface area contributed by atoms with Gasteiger partial charge in [0.15, 0.2) is 0 Å². The number of hydrogen-bond donors (Lipinski definition) is 3. The van der Waals surface area contributed by atoms with Crippen LogP contribution in [0.2, 0.25) is 0 Å². The fourth-order valence-electron chi connectivity index (χ4n) is 3.30. The maximum atomic E-state index is 12.3. The minimum absolute atomic E-state index is 0.0900. The molecule has 1 fully saturated rings. The van der Waals surface area contributed by atoms with Crippen LogP contribution >= 0.6 is 0 Å². The molecule has 3 N–H and O–H groups in total. The van der Waals surface area contributed by atoms with Gasteiger partial charge >= 0.3 is 5.97 Å². The molecule has 2 atom stereocenters. The van der Waals surface area contributed by atoms with E-state index in [1.165, 1.54) is 19.3 Å². The van der Waals surface area contributed by atoms with E-state index in [0.29, 0.717) is 23.6 Å². The molecule has 2 amide bonds. The first-order valence-electron chi connectivity index (χ1n) is 9.30. The summed E-state index contributed by atoms with van der Waals surface area (Å²) < 4.78 is 0. The van der Waals surface area contributed by atoms with E-state index in [0.717, 1.165) is 12.8 Å². The van der Waals surface area contributed by atoms with E-state index in [-0.39, 0.29) is 11.8 Å². The van der Waals surface area contributed by atoms with E-state index in [1.54, 1.807) is 38.1 Å². The number of carboxylic acids is 1. The zero-order chi connectivity index (χ0) is 19.1. The van der Waals surface area contributed by atoms with Crippen molar-refractivity contribution in [2.24, 2.45) is 5.92 Å². The van der Waals surface area contributed by atoms with Gasteiger partial charge in [-0.2, -0.15) is 0 Å². The van der Waals surface area contributed by atoms with Crippen LogP contribution < -0.4 is 10.6 Å². The number of anilines is 1. The lowest BCUT2D eigenvalue weighted by molar-refractivity contribution is -0.138. The van der Waals surface area contributed by atoms with Crippen LogP contribution in [0.1, 0.15) is 63.9 Å². The maximum absolute atomic E-state index is 12.3. The van der Waals surface area contributed by atoms with Crippen LogP contribution in [0, 0.1) is 5.92 Å². The Balaban J connectivity index is 1.87. The SMILES string of the molecule is CC(NC(=O)CC1CCCCC1)C(=O)Nc1cccc(C(C)C(=O)O)c1. The van der Waals surface area contributed by atoms with Gasteiger partial charge in [-0.05, 0) is 50.3 Å². The zero-order valence-electron chi connectivity index (χ0n) is 15.5. The van der Waals surface area contributed by atoms with Gasteiger partial charge < -0.3 is 15.7 Å². The molecule has 0 bridgehead atoms. The molecule has 1 aromatic rings. The van der Waals surface area contributed by atoms with Gasteiger partial charge in [0.1, 0.15) is 6.04 Å². The Bertz CT molecular complexity index is 653. The van der Waals surface area contributed by atoms with Gasteiger partial charge in [-0.1, -0.05) is 31.4 Å². The number of rotatable bonds is 7. The smallest absolute Gasteiger partial charge is 0.310 e. The molecule has 2 rings (SSSR count). The molecule has 0 aromatic heterocycles. The second-order valence-corrected chi connectivity index (χ2v) is 7.17. The van der Waals surface area contributed by atoms with E-state index >= 15 is 0 Å². The highest BCUT2D eigenvalue weighted by Gasteiger charge is 2.21. The van der Waals surface area contributed by atoms with Gasteiger partial charge in [-0.3, -0.25) is 14.4 Å². The van der Waals surface area contributed by atoms with Crippen LogP contribution in [0.25, 0.3) is 0 Å². The Kier molecular flexibility index (Phi) is 7.18. The molecule has 1 saturated carbocycles. The van der Waals surface area contributed by atoms with Crippen molar-refractivity contribution in [3.63, 3.8) is 0 Å². The fraction of sp³-hybridized carbons (Fsp3) is 0.550. The van der Waals surface area contributed by atoms with E-state index in [9.17, 15) is 14.4 Å². The highest BCUT2D eigenvalue weighted by molar-refractivity contribution is 5.97. The molecule has 0 radical (unpaired) electrons. The molecule has 142 valence electrons. The van der Waals surface area contributed by atoms with E-state index in [1.807, 2.05) is 0 Å². The summed E-state index contributed by atoms with van der Waals surface area (Å²) in [5.74, 6) is -1.56. The van der Waals surface area contributed by atoms with Crippen molar-refractivity contribution in [1.82, 2.24) is 5.32 Å². The quantitative estimate of drug-likeness (QED) is 0.695. The van der Waals surface area contributed by atoms with Gasteiger partial charge in [-0.25, -0.2) is 0 Å². The molecule has 1 aliphatic carbocycles. The summed E-state index contributed by atoms with van der Waals surface area (Å²) in [6, 6.07) is 6.12. The fourth-order valence-corrected chi connectivity index (χ4v) is 3.30. The number of hydrogen-bond acceptors (Lipinski definition) is 3. The molecule has 6 nitrogen and oxygen atoms in total. The first-order chi connectivity index (χ1) is 12.4. The van der Waals surface area contributed by atoms with Gasteiger partial charge in [0, 0.05) is 12.1 Å². The second kappa shape index (κ2) is 9.36. The van der Waals surface area contributed by atoms with Crippen molar-refractivity contribution in [3.05, 3.63) is 29.8 Å². The normalized spacial score (nSPS) is 17.2. The van der Waals surface area contributed by atoms with Crippen molar-refractivity contribution in [1.29, 1.82) is 0 Å². The Morgan fingerprint density at radius 1 is 1.15 bits per heavy atom. The van der Waals surface area contributed by atoms with Crippen LogP contribution in [0.15, 0.2) is 24.3 Å². The number of aliphatic carboxylic acids is 1. The number of carbonyl (C=O) groups is 3. The lowest BCUT2D eigenvalue weighted by Gasteiger charge is -2.22. The first-order valence-corrected chi connectivity index (χ1v) is 9.30. The Morgan fingerprint density at radius 3 is 2.50 bits per heavy atom. The van der Waals surface area contributed by atoms with Gasteiger partial charge in [-0.15, -0.1) is 0 Å². The van der Waals surface area contributed by atoms with Crippen LogP contribution in [0.4, 0.5) is 5.69 Å². The average molecular weight is 360 g/mol. The topological polar surface area (TPSA) is 95.5 Å². The van der Waals surface area contributed by atoms with Crippen LogP contribution in [-0.2, 0) is 14.4 Å². The summed E-state index contributed by atoms with van der Waals surface area (Å²) in [6.45, 7) is 3.25. The molecule has 0 aliphatic heterocycles. The minimum atomic E-state index is -0.920. The van der Waals surface area contributed by atoms with E-state index in [4.69, 9.17) is 5.11 Å². The molecular formula is C20H28N2O4. The molecule has 0 spiro atoms. The first kappa shape index (κ1) is 19.9. The van der Waals surface area contributed by atoms with Crippen molar-refractivity contribution < 1.29 is 19.5 Å². The van der Waals surface area contributed by atoms with Crippen LogP contribution in [0.5, 0.6) is 0 Å². The lowest BCUT2D eigenvalue weighted by atomic mass is 9.87. The van der Waals surface area contributed by atoms with Gasteiger partial charge in [0.25, 0.3) is 0 Å². The zero-order valence-corrected chi connectivity index (χ0v) is 15.5. The minimum Gasteiger partial charge on any atom is -0.481 e. The standard InChI is InChI=1S/C20H28N2O4/c1-13(20(25)26)16-9-6-10-17(12-16)22-19(24)14(2)21-18(23)11-15-7-4-3-5-8-15/h6,9-10,12-15H,3-5,7-8,11H2,1-2H3,(H,21,23)(H,22,24)(H,25,26). The summed E-state index contributed by atoms with van der Waals surface area (Å²) in [7, 11) is 0. The van der Waals surface area contributed by atoms with Crippen molar-refractivity contribution in [2.45, 2.75) is 64.3 Å².